The predicted molar refractivity (Wildman–Crippen MR) is 83.7 cm³/mol. The van der Waals surface area contributed by atoms with E-state index in [0.29, 0.717) is 10.8 Å². The van der Waals surface area contributed by atoms with E-state index in [1.165, 1.54) is 43.5 Å². The van der Waals surface area contributed by atoms with E-state index in [-0.39, 0.29) is 23.5 Å². The fourth-order valence-electron chi connectivity index (χ4n) is 4.01. The fourth-order valence-corrected chi connectivity index (χ4v) is 4.76. The minimum atomic E-state index is -0.253. The molecule has 2 saturated carbocycles. The van der Waals surface area contributed by atoms with E-state index in [2.05, 4.69) is 12.2 Å². The maximum atomic E-state index is 13.5. The van der Waals surface area contributed by atoms with E-state index in [1.54, 1.807) is 18.2 Å². The molecule has 0 aliphatic heterocycles. The zero-order valence-electron chi connectivity index (χ0n) is 12.3. The number of carbonyl (C=O) groups excluding carboxylic acids is 1. The van der Waals surface area contributed by atoms with Crippen molar-refractivity contribution in [1.82, 2.24) is 5.32 Å². The Balaban J connectivity index is 1.47. The van der Waals surface area contributed by atoms with Crippen LogP contribution in [0, 0.1) is 23.6 Å². The summed E-state index contributed by atoms with van der Waals surface area (Å²) in [5, 5.41) is 3.11. The van der Waals surface area contributed by atoms with Crippen molar-refractivity contribution < 1.29 is 9.18 Å². The molecule has 0 spiro atoms. The smallest absolute Gasteiger partial charge is 0.230 e. The first-order valence-corrected chi connectivity index (χ1v) is 8.78. The molecular formula is C17H22FNOS. The molecule has 1 N–H and O–H groups in total. The van der Waals surface area contributed by atoms with Crippen molar-refractivity contribution in [3.05, 3.63) is 30.1 Å². The van der Waals surface area contributed by atoms with Gasteiger partial charge < -0.3 is 5.32 Å². The molecule has 114 valence electrons. The molecule has 0 saturated heterocycles. The van der Waals surface area contributed by atoms with Crippen LogP contribution in [-0.2, 0) is 4.79 Å². The van der Waals surface area contributed by atoms with Crippen molar-refractivity contribution in [3.63, 3.8) is 0 Å². The summed E-state index contributed by atoms with van der Waals surface area (Å²) in [5.74, 6) is 2.39. The molecule has 2 fully saturated rings. The van der Waals surface area contributed by atoms with Gasteiger partial charge in [-0.2, -0.15) is 0 Å². The van der Waals surface area contributed by atoms with Crippen LogP contribution < -0.4 is 5.32 Å². The van der Waals surface area contributed by atoms with Crippen LogP contribution in [0.15, 0.2) is 29.2 Å². The van der Waals surface area contributed by atoms with Gasteiger partial charge in [0, 0.05) is 10.9 Å². The number of hydrogen-bond donors (Lipinski definition) is 1. The van der Waals surface area contributed by atoms with Crippen molar-refractivity contribution in [1.29, 1.82) is 0 Å². The van der Waals surface area contributed by atoms with Gasteiger partial charge >= 0.3 is 0 Å². The Morgan fingerprint density at radius 3 is 2.86 bits per heavy atom. The molecule has 2 nitrogen and oxygen atoms in total. The summed E-state index contributed by atoms with van der Waals surface area (Å²) in [5.41, 5.74) is 0. The molecule has 0 aromatic heterocycles. The number of halogens is 1. The van der Waals surface area contributed by atoms with Gasteiger partial charge in [-0.3, -0.25) is 4.79 Å². The zero-order valence-corrected chi connectivity index (χ0v) is 13.2. The predicted octanol–water partition coefficient (Wildman–Crippen LogP) is 3.86. The Morgan fingerprint density at radius 2 is 2.19 bits per heavy atom. The lowest BCUT2D eigenvalue weighted by Gasteiger charge is -2.28. The standard InChI is InChI=1S/C17H22FNOS/c1-11(14-9-12-6-7-13(14)8-12)19-17(20)10-21-16-5-3-2-4-15(16)18/h2-5,11-14H,6-10H2,1H3,(H,19,20). The molecule has 1 aromatic carbocycles. The van der Waals surface area contributed by atoms with Gasteiger partial charge in [-0.25, -0.2) is 4.39 Å². The average Bonchev–Trinajstić information content (AvgIpc) is 3.09. The van der Waals surface area contributed by atoms with E-state index < -0.39 is 0 Å². The van der Waals surface area contributed by atoms with Gasteiger partial charge in [-0.05, 0) is 56.1 Å². The number of carbonyl (C=O) groups is 1. The summed E-state index contributed by atoms with van der Waals surface area (Å²) >= 11 is 1.27. The van der Waals surface area contributed by atoms with Crippen LogP contribution in [0.4, 0.5) is 4.39 Å². The first-order chi connectivity index (χ1) is 10.1. The van der Waals surface area contributed by atoms with Crippen LogP contribution in [0.2, 0.25) is 0 Å². The van der Waals surface area contributed by atoms with Crippen LogP contribution in [0.1, 0.15) is 32.6 Å². The van der Waals surface area contributed by atoms with Crippen molar-refractivity contribution >= 4 is 17.7 Å². The lowest BCUT2D eigenvalue weighted by atomic mass is 9.84. The van der Waals surface area contributed by atoms with E-state index >= 15 is 0 Å². The maximum absolute atomic E-state index is 13.5. The normalized spacial score (nSPS) is 28.6. The van der Waals surface area contributed by atoms with Gasteiger partial charge in [-0.1, -0.05) is 18.6 Å². The molecule has 2 aliphatic carbocycles. The lowest BCUT2D eigenvalue weighted by Crippen LogP contribution is -2.40. The van der Waals surface area contributed by atoms with Gasteiger partial charge in [0.15, 0.2) is 0 Å². The van der Waals surface area contributed by atoms with Crippen molar-refractivity contribution in [2.45, 2.75) is 43.5 Å². The Bertz CT molecular complexity index is 521. The zero-order chi connectivity index (χ0) is 14.8. The minimum Gasteiger partial charge on any atom is -0.353 e. The summed E-state index contributed by atoms with van der Waals surface area (Å²) in [6.45, 7) is 2.12. The quantitative estimate of drug-likeness (QED) is 0.837. The Labute approximate surface area is 129 Å². The summed E-state index contributed by atoms with van der Waals surface area (Å²) in [7, 11) is 0. The molecule has 0 heterocycles. The molecule has 21 heavy (non-hydrogen) atoms. The van der Waals surface area contributed by atoms with E-state index in [1.807, 2.05) is 0 Å². The summed E-state index contributed by atoms with van der Waals surface area (Å²) in [4.78, 5) is 12.6. The first kappa shape index (κ1) is 14.9. The third kappa shape index (κ3) is 3.42. The number of amides is 1. The largest absolute Gasteiger partial charge is 0.353 e. The third-order valence-electron chi connectivity index (χ3n) is 5.02. The highest BCUT2D eigenvalue weighted by Crippen LogP contribution is 2.49. The number of thioether (sulfide) groups is 1. The molecule has 1 aromatic rings. The van der Waals surface area contributed by atoms with Crippen LogP contribution in [0.3, 0.4) is 0 Å². The van der Waals surface area contributed by atoms with E-state index in [0.717, 1.165) is 11.8 Å². The van der Waals surface area contributed by atoms with Gasteiger partial charge in [0.25, 0.3) is 0 Å². The van der Waals surface area contributed by atoms with Gasteiger partial charge in [0.05, 0.1) is 5.75 Å². The molecule has 1 amide bonds. The Morgan fingerprint density at radius 1 is 1.38 bits per heavy atom. The molecule has 4 atom stereocenters. The van der Waals surface area contributed by atoms with Crippen LogP contribution >= 0.6 is 11.8 Å². The highest BCUT2D eigenvalue weighted by Gasteiger charge is 2.42. The molecule has 3 rings (SSSR count). The third-order valence-corrected chi connectivity index (χ3v) is 6.07. The van der Waals surface area contributed by atoms with Crippen LogP contribution in [-0.4, -0.2) is 17.7 Å². The highest BCUT2D eigenvalue weighted by atomic mass is 32.2. The lowest BCUT2D eigenvalue weighted by molar-refractivity contribution is -0.119. The number of hydrogen-bond acceptors (Lipinski definition) is 2. The highest BCUT2D eigenvalue weighted by molar-refractivity contribution is 8.00. The number of nitrogens with one attached hydrogen (secondary N) is 1. The molecule has 0 radical (unpaired) electrons. The second kappa shape index (κ2) is 6.39. The van der Waals surface area contributed by atoms with E-state index in [9.17, 15) is 9.18 Å². The SMILES string of the molecule is CC(NC(=O)CSc1ccccc1F)C1CC2CCC1C2. The topological polar surface area (TPSA) is 29.1 Å². The van der Waals surface area contributed by atoms with Gasteiger partial charge in [0.1, 0.15) is 5.82 Å². The molecule has 4 unspecified atom stereocenters. The second-order valence-corrected chi connectivity index (χ2v) is 7.43. The summed E-state index contributed by atoms with van der Waals surface area (Å²) < 4.78 is 13.5. The molecule has 2 bridgehead atoms. The van der Waals surface area contributed by atoms with E-state index in [4.69, 9.17) is 0 Å². The van der Waals surface area contributed by atoms with Crippen LogP contribution in [0.25, 0.3) is 0 Å². The first-order valence-electron chi connectivity index (χ1n) is 7.80. The molecular weight excluding hydrogens is 285 g/mol. The Kier molecular flexibility index (Phi) is 4.53. The maximum Gasteiger partial charge on any atom is 0.230 e. The van der Waals surface area contributed by atoms with Gasteiger partial charge in [0.2, 0.25) is 5.91 Å². The van der Waals surface area contributed by atoms with Crippen molar-refractivity contribution in [2.24, 2.45) is 17.8 Å². The number of fused-ring (bicyclic) bond motifs is 2. The summed E-state index contributed by atoms with van der Waals surface area (Å²) in [6.07, 6.45) is 5.34. The second-order valence-electron chi connectivity index (χ2n) is 6.41. The number of rotatable bonds is 5. The Hall–Kier alpha value is -1.03. The molecule has 4 heteroatoms. The van der Waals surface area contributed by atoms with Gasteiger partial charge in [-0.15, -0.1) is 11.8 Å². The van der Waals surface area contributed by atoms with Crippen molar-refractivity contribution in [2.75, 3.05) is 5.75 Å². The van der Waals surface area contributed by atoms with Crippen LogP contribution in [0.5, 0.6) is 0 Å². The van der Waals surface area contributed by atoms with Crippen molar-refractivity contribution in [3.8, 4) is 0 Å². The minimum absolute atomic E-state index is 0.0125. The fraction of sp³-hybridized carbons (Fsp3) is 0.588. The average molecular weight is 307 g/mol. The molecule has 2 aliphatic rings. The monoisotopic (exact) mass is 307 g/mol. The summed E-state index contributed by atoms with van der Waals surface area (Å²) in [6, 6.07) is 6.84. The number of benzene rings is 1.